The van der Waals surface area contributed by atoms with Gasteiger partial charge in [0.05, 0.1) is 0 Å². The van der Waals surface area contributed by atoms with Crippen LogP contribution in [0.15, 0.2) is 0 Å². The molecule has 0 saturated carbocycles. The van der Waals surface area contributed by atoms with Gasteiger partial charge in [0.15, 0.2) is 0 Å². The van der Waals surface area contributed by atoms with E-state index in [1.807, 2.05) is 13.8 Å². The number of hydrogen-bond donors (Lipinski definition) is 1. The lowest BCUT2D eigenvalue weighted by Gasteiger charge is -1.92. The molecule has 0 aliphatic heterocycles. The fourth-order valence-corrected chi connectivity index (χ4v) is 0.352. The third-order valence-corrected chi connectivity index (χ3v) is 1.15. The van der Waals surface area contributed by atoms with Crippen molar-refractivity contribution in [2.75, 3.05) is 0 Å². The molecular formula is C7H10OS. The molecule has 0 saturated heterocycles. The highest BCUT2D eigenvalue weighted by Gasteiger charge is 1.89. The van der Waals surface area contributed by atoms with Gasteiger partial charge in [0.1, 0.15) is 0 Å². The van der Waals surface area contributed by atoms with E-state index in [4.69, 9.17) is 0 Å². The van der Waals surface area contributed by atoms with Crippen molar-refractivity contribution in [1.82, 2.24) is 0 Å². The maximum atomic E-state index is 10.2. The topological polar surface area (TPSA) is 17.1 Å². The molecule has 0 aromatic rings. The maximum Gasteiger partial charge on any atom is 0.259 e. The summed E-state index contributed by atoms with van der Waals surface area (Å²) in [5, 5.41) is -0.352. The Bertz CT molecular complexity index is 152. The zero-order chi connectivity index (χ0) is 7.28. The van der Waals surface area contributed by atoms with Crippen LogP contribution < -0.4 is 0 Å². The minimum atomic E-state index is -0.352. The van der Waals surface area contributed by atoms with E-state index in [1.54, 1.807) is 0 Å². The maximum absolute atomic E-state index is 10.2. The van der Waals surface area contributed by atoms with Gasteiger partial charge in [-0.05, 0) is 12.3 Å². The van der Waals surface area contributed by atoms with Gasteiger partial charge in [0, 0.05) is 5.92 Å². The SMILES string of the molecule is CCC(C)C#CC(=O)S. The predicted molar refractivity (Wildman–Crippen MR) is 41.2 cm³/mol. The van der Waals surface area contributed by atoms with Crippen LogP contribution in [0, 0.1) is 17.8 Å². The van der Waals surface area contributed by atoms with Crippen LogP contribution in [-0.2, 0) is 4.79 Å². The van der Waals surface area contributed by atoms with E-state index in [0.29, 0.717) is 5.92 Å². The molecule has 0 aromatic heterocycles. The summed E-state index contributed by atoms with van der Waals surface area (Å²) in [5.74, 6) is 5.43. The molecule has 2 heteroatoms. The fraction of sp³-hybridized carbons (Fsp3) is 0.571. The fourth-order valence-electron chi connectivity index (χ4n) is 0.287. The molecule has 0 spiro atoms. The lowest BCUT2D eigenvalue weighted by molar-refractivity contribution is -0.106. The molecule has 1 atom stereocenters. The molecule has 50 valence electrons. The van der Waals surface area contributed by atoms with Crippen LogP contribution in [0.2, 0.25) is 0 Å². The van der Waals surface area contributed by atoms with E-state index >= 15 is 0 Å². The smallest absolute Gasteiger partial charge is 0.259 e. The van der Waals surface area contributed by atoms with Crippen LogP contribution in [0.5, 0.6) is 0 Å². The zero-order valence-electron chi connectivity index (χ0n) is 5.64. The van der Waals surface area contributed by atoms with Gasteiger partial charge in [-0.1, -0.05) is 32.4 Å². The summed E-state index contributed by atoms with van der Waals surface area (Å²) in [7, 11) is 0. The van der Waals surface area contributed by atoms with E-state index in [-0.39, 0.29) is 5.12 Å². The molecule has 1 unspecified atom stereocenters. The van der Waals surface area contributed by atoms with Crippen LogP contribution in [0.25, 0.3) is 0 Å². The highest BCUT2D eigenvalue weighted by Crippen LogP contribution is 1.96. The Kier molecular flexibility index (Phi) is 4.25. The van der Waals surface area contributed by atoms with Crippen LogP contribution in [0.4, 0.5) is 0 Å². The number of carbonyl (C=O) groups is 1. The van der Waals surface area contributed by atoms with Gasteiger partial charge in [0.25, 0.3) is 5.12 Å². The van der Waals surface area contributed by atoms with Crippen molar-refractivity contribution >= 4 is 17.7 Å². The number of carbonyl (C=O) groups excluding carboxylic acids is 1. The van der Waals surface area contributed by atoms with Crippen molar-refractivity contribution in [1.29, 1.82) is 0 Å². The second kappa shape index (κ2) is 4.46. The summed E-state index contributed by atoms with van der Waals surface area (Å²) >= 11 is 3.50. The van der Waals surface area contributed by atoms with Crippen LogP contribution >= 0.6 is 12.6 Å². The molecule has 0 aromatic carbocycles. The number of rotatable bonds is 1. The van der Waals surface area contributed by atoms with E-state index in [1.165, 1.54) is 0 Å². The van der Waals surface area contributed by atoms with Gasteiger partial charge >= 0.3 is 0 Å². The number of hydrogen-bond acceptors (Lipinski definition) is 1. The van der Waals surface area contributed by atoms with Crippen molar-refractivity contribution in [3.63, 3.8) is 0 Å². The molecule has 0 radical (unpaired) electrons. The third-order valence-electron chi connectivity index (χ3n) is 1.04. The predicted octanol–water partition coefficient (Wildman–Crippen LogP) is 1.49. The highest BCUT2D eigenvalue weighted by molar-refractivity contribution is 7.97. The lowest BCUT2D eigenvalue weighted by Crippen LogP contribution is -1.86. The Morgan fingerprint density at radius 1 is 1.78 bits per heavy atom. The summed E-state index contributed by atoms with van der Waals surface area (Å²) in [6, 6.07) is 0. The Morgan fingerprint density at radius 2 is 2.33 bits per heavy atom. The van der Waals surface area contributed by atoms with Gasteiger partial charge < -0.3 is 0 Å². The molecule has 9 heavy (non-hydrogen) atoms. The van der Waals surface area contributed by atoms with Gasteiger partial charge in [0.2, 0.25) is 0 Å². The molecule has 0 bridgehead atoms. The first kappa shape index (κ1) is 8.58. The molecular weight excluding hydrogens is 132 g/mol. The van der Waals surface area contributed by atoms with Crippen LogP contribution in [0.3, 0.4) is 0 Å². The summed E-state index contributed by atoms with van der Waals surface area (Å²) in [6.07, 6.45) is 0.980. The van der Waals surface area contributed by atoms with Gasteiger partial charge in [-0.3, -0.25) is 4.79 Å². The van der Waals surface area contributed by atoms with Crippen LogP contribution in [-0.4, -0.2) is 5.12 Å². The van der Waals surface area contributed by atoms with Crippen LogP contribution in [0.1, 0.15) is 20.3 Å². The zero-order valence-corrected chi connectivity index (χ0v) is 6.53. The molecule has 1 nitrogen and oxygen atoms in total. The molecule has 0 rings (SSSR count). The Hall–Kier alpha value is -0.420. The first-order valence-corrected chi connectivity index (χ1v) is 3.36. The summed E-state index contributed by atoms with van der Waals surface area (Å²) in [6.45, 7) is 4.01. The summed E-state index contributed by atoms with van der Waals surface area (Å²) in [4.78, 5) is 10.2. The molecule has 0 N–H and O–H groups in total. The largest absolute Gasteiger partial charge is 0.272 e. The molecule has 0 heterocycles. The minimum Gasteiger partial charge on any atom is -0.272 e. The first-order chi connectivity index (χ1) is 4.16. The van der Waals surface area contributed by atoms with Gasteiger partial charge in [-0.2, -0.15) is 0 Å². The molecule has 0 aliphatic carbocycles. The quantitative estimate of drug-likeness (QED) is 0.433. The normalized spacial score (nSPS) is 11.4. The highest BCUT2D eigenvalue weighted by atomic mass is 32.1. The van der Waals surface area contributed by atoms with Crippen molar-refractivity contribution in [2.24, 2.45) is 5.92 Å². The minimum absolute atomic E-state index is 0.307. The first-order valence-electron chi connectivity index (χ1n) is 2.91. The molecule has 0 amide bonds. The molecule has 0 aliphatic rings. The monoisotopic (exact) mass is 142 g/mol. The third kappa shape index (κ3) is 5.45. The summed E-state index contributed by atoms with van der Waals surface area (Å²) < 4.78 is 0. The van der Waals surface area contributed by atoms with E-state index < -0.39 is 0 Å². The Morgan fingerprint density at radius 3 is 2.67 bits per heavy atom. The molecule has 0 fully saturated rings. The standard InChI is InChI=1S/C7H10OS/c1-3-6(2)4-5-7(8)9/h6H,3H2,1-2H3,(H,8,9). The van der Waals surface area contributed by atoms with E-state index in [9.17, 15) is 4.79 Å². The van der Waals surface area contributed by atoms with E-state index in [2.05, 4.69) is 24.5 Å². The van der Waals surface area contributed by atoms with Crippen molar-refractivity contribution in [3.05, 3.63) is 0 Å². The van der Waals surface area contributed by atoms with Crippen molar-refractivity contribution in [2.45, 2.75) is 20.3 Å². The second-order valence-corrected chi connectivity index (χ2v) is 2.29. The van der Waals surface area contributed by atoms with E-state index in [0.717, 1.165) is 6.42 Å². The van der Waals surface area contributed by atoms with Crippen molar-refractivity contribution in [3.8, 4) is 11.8 Å². The average molecular weight is 142 g/mol. The lowest BCUT2D eigenvalue weighted by atomic mass is 10.1. The second-order valence-electron chi connectivity index (χ2n) is 1.88. The Labute approximate surface area is 61.2 Å². The summed E-state index contributed by atoms with van der Waals surface area (Å²) in [5.41, 5.74) is 0. The number of thiol groups is 1. The Balaban J connectivity index is 3.72. The van der Waals surface area contributed by atoms with Crippen molar-refractivity contribution < 1.29 is 4.79 Å². The van der Waals surface area contributed by atoms with Gasteiger partial charge in [-0.25, -0.2) is 0 Å². The van der Waals surface area contributed by atoms with Gasteiger partial charge in [-0.15, -0.1) is 0 Å². The average Bonchev–Trinajstić information content (AvgIpc) is 1.83.